The third kappa shape index (κ3) is 4.82. The van der Waals surface area contributed by atoms with E-state index in [4.69, 9.17) is 0 Å². The van der Waals surface area contributed by atoms with Crippen molar-refractivity contribution in [2.45, 2.75) is 26.3 Å². The minimum atomic E-state index is -1.02. The molecule has 0 saturated heterocycles. The topological polar surface area (TPSA) is 101 Å². The van der Waals surface area contributed by atoms with Gasteiger partial charge < -0.3 is 15.0 Å². The number of fused-ring (bicyclic) bond motifs is 1. The molecule has 34 heavy (non-hydrogen) atoms. The number of para-hydroxylation sites is 1. The Bertz CT molecular complexity index is 1440. The van der Waals surface area contributed by atoms with E-state index in [1.54, 1.807) is 54.0 Å². The molecule has 0 bridgehead atoms. The summed E-state index contributed by atoms with van der Waals surface area (Å²) in [6, 6.07) is 20.3. The van der Waals surface area contributed by atoms with Gasteiger partial charge in [-0.05, 0) is 55.8 Å². The standard InChI is InChI=1S/C26H23N3O4S/c1-3-20(25(32)33)29-21-14-13-18(24(31)27-19-7-5-4-6-8-19)15-22(21)34-26(29)28-23(30)17-11-9-16(2)10-12-17/h4-15,20H,3H2,1-2H3,(H,27,31)(H,32,33). The van der Waals surface area contributed by atoms with Gasteiger partial charge in [0.15, 0.2) is 4.80 Å². The number of anilines is 1. The van der Waals surface area contributed by atoms with E-state index in [0.717, 1.165) is 5.56 Å². The molecule has 0 radical (unpaired) electrons. The lowest BCUT2D eigenvalue weighted by atomic mass is 10.1. The van der Waals surface area contributed by atoms with Gasteiger partial charge in [0, 0.05) is 16.8 Å². The van der Waals surface area contributed by atoms with Crippen molar-refractivity contribution < 1.29 is 19.5 Å². The predicted molar refractivity (Wildman–Crippen MR) is 132 cm³/mol. The van der Waals surface area contributed by atoms with Crippen molar-refractivity contribution in [3.63, 3.8) is 0 Å². The molecule has 0 aliphatic rings. The van der Waals surface area contributed by atoms with Gasteiger partial charge in [-0.3, -0.25) is 9.59 Å². The van der Waals surface area contributed by atoms with E-state index < -0.39 is 17.9 Å². The van der Waals surface area contributed by atoms with Crippen LogP contribution in [0.4, 0.5) is 5.69 Å². The Kier molecular flexibility index (Phi) is 6.70. The van der Waals surface area contributed by atoms with E-state index in [1.165, 1.54) is 11.3 Å². The maximum atomic E-state index is 12.8. The smallest absolute Gasteiger partial charge is 0.326 e. The van der Waals surface area contributed by atoms with Crippen LogP contribution in [0.3, 0.4) is 0 Å². The molecule has 8 heteroatoms. The highest BCUT2D eigenvalue weighted by Gasteiger charge is 2.23. The molecule has 7 nitrogen and oxygen atoms in total. The maximum Gasteiger partial charge on any atom is 0.326 e. The van der Waals surface area contributed by atoms with Gasteiger partial charge in [0.25, 0.3) is 11.8 Å². The third-order valence-electron chi connectivity index (χ3n) is 5.40. The molecule has 172 valence electrons. The van der Waals surface area contributed by atoms with Crippen LogP contribution in [-0.2, 0) is 4.79 Å². The van der Waals surface area contributed by atoms with E-state index in [9.17, 15) is 19.5 Å². The first-order valence-corrected chi connectivity index (χ1v) is 11.6. The molecule has 4 rings (SSSR count). The minimum absolute atomic E-state index is 0.274. The summed E-state index contributed by atoms with van der Waals surface area (Å²) >= 11 is 1.18. The second kappa shape index (κ2) is 9.84. The van der Waals surface area contributed by atoms with Crippen LogP contribution in [0.25, 0.3) is 10.2 Å². The number of hydrogen-bond donors (Lipinski definition) is 2. The second-order valence-electron chi connectivity index (χ2n) is 7.80. The summed E-state index contributed by atoms with van der Waals surface area (Å²) in [5.74, 6) is -1.76. The monoisotopic (exact) mass is 473 g/mol. The van der Waals surface area contributed by atoms with Gasteiger partial charge in [-0.1, -0.05) is 54.2 Å². The van der Waals surface area contributed by atoms with Gasteiger partial charge in [0.2, 0.25) is 0 Å². The summed E-state index contributed by atoms with van der Waals surface area (Å²) in [5, 5.41) is 12.7. The van der Waals surface area contributed by atoms with E-state index in [0.29, 0.717) is 33.5 Å². The van der Waals surface area contributed by atoms with Gasteiger partial charge in [0.05, 0.1) is 10.2 Å². The molecule has 2 N–H and O–H groups in total. The first-order chi connectivity index (χ1) is 16.4. The van der Waals surface area contributed by atoms with Crippen molar-refractivity contribution in [3.05, 3.63) is 94.3 Å². The molecule has 0 fully saturated rings. The fourth-order valence-corrected chi connectivity index (χ4v) is 4.71. The first-order valence-electron chi connectivity index (χ1n) is 10.8. The Hall–Kier alpha value is -4.04. The van der Waals surface area contributed by atoms with Gasteiger partial charge >= 0.3 is 5.97 Å². The van der Waals surface area contributed by atoms with Crippen molar-refractivity contribution in [1.29, 1.82) is 0 Å². The van der Waals surface area contributed by atoms with Crippen LogP contribution in [0, 0.1) is 6.92 Å². The average Bonchev–Trinajstić information content (AvgIpc) is 3.17. The number of carboxylic acids is 1. The molecule has 1 unspecified atom stereocenters. The Balaban J connectivity index is 1.80. The highest BCUT2D eigenvalue weighted by atomic mass is 32.1. The van der Waals surface area contributed by atoms with Crippen LogP contribution >= 0.6 is 11.3 Å². The molecule has 0 saturated carbocycles. The number of nitrogens with zero attached hydrogens (tertiary/aromatic N) is 2. The number of carbonyl (C=O) groups excluding carboxylic acids is 2. The van der Waals surface area contributed by atoms with Crippen LogP contribution in [-0.4, -0.2) is 27.5 Å². The fourth-order valence-electron chi connectivity index (χ4n) is 3.60. The van der Waals surface area contributed by atoms with E-state index in [2.05, 4.69) is 10.3 Å². The lowest BCUT2D eigenvalue weighted by Gasteiger charge is -2.13. The highest BCUT2D eigenvalue weighted by Crippen LogP contribution is 2.25. The van der Waals surface area contributed by atoms with Gasteiger partial charge in [0.1, 0.15) is 6.04 Å². The van der Waals surface area contributed by atoms with Gasteiger partial charge in [-0.2, -0.15) is 4.99 Å². The zero-order valence-electron chi connectivity index (χ0n) is 18.7. The van der Waals surface area contributed by atoms with E-state index >= 15 is 0 Å². The SMILES string of the molecule is CCC(C(=O)O)n1c(=NC(=O)c2ccc(C)cc2)sc2cc(C(=O)Nc3ccccc3)ccc21. The summed E-state index contributed by atoms with van der Waals surface area (Å²) < 4.78 is 2.23. The molecule has 4 aromatic rings. The Morgan fingerprint density at radius 2 is 1.68 bits per heavy atom. The number of aryl methyl sites for hydroxylation is 1. The predicted octanol–water partition coefficient (Wildman–Crippen LogP) is 5.04. The Morgan fingerprint density at radius 3 is 2.32 bits per heavy atom. The molecular formula is C26H23N3O4S. The first kappa shape index (κ1) is 23.1. The number of carboxylic acid groups (broad SMARTS) is 1. The molecule has 2 amide bonds. The van der Waals surface area contributed by atoms with Crippen molar-refractivity contribution in [2.75, 3.05) is 5.32 Å². The number of aromatic nitrogens is 1. The number of nitrogens with one attached hydrogen (secondary N) is 1. The van der Waals surface area contributed by atoms with E-state index in [-0.39, 0.29) is 10.7 Å². The van der Waals surface area contributed by atoms with Crippen molar-refractivity contribution in [2.24, 2.45) is 4.99 Å². The molecule has 1 atom stereocenters. The molecule has 0 spiro atoms. The molecule has 1 heterocycles. The van der Waals surface area contributed by atoms with Crippen LogP contribution in [0.15, 0.2) is 77.8 Å². The number of thiazole rings is 1. The number of rotatable bonds is 6. The lowest BCUT2D eigenvalue weighted by molar-refractivity contribution is -0.140. The van der Waals surface area contributed by atoms with Crippen LogP contribution in [0.5, 0.6) is 0 Å². The van der Waals surface area contributed by atoms with Crippen LogP contribution in [0.1, 0.15) is 45.7 Å². The fraction of sp³-hybridized carbons (Fsp3) is 0.154. The zero-order chi connectivity index (χ0) is 24.2. The number of carbonyl (C=O) groups is 3. The van der Waals surface area contributed by atoms with E-state index in [1.807, 2.05) is 37.3 Å². The quantitative estimate of drug-likeness (QED) is 0.410. The van der Waals surface area contributed by atoms with Crippen molar-refractivity contribution in [3.8, 4) is 0 Å². The van der Waals surface area contributed by atoms with Gasteiger partial charge in [-0.15, -0.1) is 0 Å². The molecular weight excluding hydrogens is 450 g/mol. The summed E-state index contributed by atoms with van der Waals surface area (Å²) in [5.41, 5.74) is 3.13. The maximum absolute atomic E-state index is 12.8. The average molecular weight is 474 g/mol. The number of amides is 2. The van der Waals surface area contributed by atoms with Gasteiger partial charge in [-0.25, -0.2) is 4.79 Å². The largest absolute Gasteiger partial charge is 0.480 e. The Labute approximate surface area is 200 Å². The second-order valence-corrected chi connectivity index (χ2v) is 8.81. The number of benzene rings is 3. The van der Waals surface area contributed by atoms with Crippen LogP contribution < -0.4 is 10.1 Å². The normalized spacial score (nSPS) is 12.5. The summed E-state index contributed by atoms with van der Waals surface area (Å²) in [4.78, 5) is 42.1. The summed E-state index contributed by atoms with van der Waals surface area (Å²) in [6.07, 6.45) is 0.309. The molecule has 1 aromatic heterocycles. The zero-order valence-corrected chi connectivity index (χ0v) is 19.5. The molecule has 3 aromatic carbocycles. The van der Waals surface area contributed by atoms with Crippen molar-refractivity contribution >= 4 is 45.0 Å². The molecule has 0 aliphatic heterocycles. The molecule has 0 aliphatic carbocycles. The summed E-state index contributed by atoms with van der Waals surface area (Å²) in [6.45, 7) is 3.69. The number of aliphatic carboxylic acids is 1. The third-order valence-corrected chi connectivity index (χ3v) is 6.42. The summed E-state index contributed by atoms with van der Waals surface area (Å²) in [7, 11) is 0. The Morgan fingerprint density at radius 1 is 1.00 bits per heavy atom. The van der Waals surface area contributed by atoms with Crippen molar-refractivity contribution in [1.82, 2.24) is 4.57 Å². The lowest BCUT2D eigenvalue weighted by Crippen LogP contribution is -2.27. The number of hydrogen-bond acceptors (Lipinski definition) is 4. The highest BCUT2D eigenvalue weighted by molar-refractivity contribution is 7.16. The minimum Gasteiger partial charge on any atom is -0.480 e. The van der Waals surface area contributed by atoms with Crippen LogP contribution in [0.2, 0.25) is 0 Å².